The van der Waals surface area contributed by atoms with Crippen molar-refractivity contribution in [1.29, 1.82) is 0 Å². The maximum absolute atomic E-state index is 13.1. The van der Waals surface area contributed by atoms with Gasteiger partial charge in [-0.2, -0.15) is 0 Å². The van der Waals surface area contributed by atoms with Gasteiger partial charge in [0.15, 0.2) is 0 Å². The fourth-order valence-corrected chi connectivity index (χ4v) is 1.29. The molecule has 0 fully saturated rings. The Balaban J connectivity index is 3.06. The van der Waals surface area contributed by atoms with Crippen molar-refractivity contribution in [2.45, 2.75) is 19.8 Å². The van der Waals surface area contributed by atoms with E-state index in [1.54, 1.807) is 6.92 Å². The van der Waals surface area contributed by atoms with Crippen LogP contribution in [0.25, 0.3) is 0 Å². The van der Waals surface area contributed by atoms with Crippen LogP contribution in [0.4, 0.5) is 4.39 Å². The third-order valence-electron chi connectivity index (χ3n) is 2.08. The summed E-state index contributed by atoms with van der Waals surface area (Å²) in [7, 11) is 0. The predicted octanol–water partition coefficient (Wildman–Crippen LogP) is 2.08. The van der Waals surface area contributed by atoms with Gasteiger partial charge in [0, 0.05) is 12.0 Å². The summed E-state index contributed by atoms with van der Waals surface area (Å²) < 4.78 is 13.1. The number of benzene rings is 1. The second-order valence-electron chi connectivity index (χ2n) is 3.12. The molecule has 2 nitrogen and oxygen atoms in total. The quantitative estimate of drug-likeness (QED) is 0.687. The molecule has 14 heavy (non-hydrogen) atoms. The van der Waals surface area contributed by atoms with Crippen LogP contribution < -0.4 is 0 Å². The molecule has 0 radical (unpaired) electrons. The van der Waals surface area contributed by atoms with Gasteiger partial charge in [-0.25, -0.2) is 4.39 Å². The molecule has 0 aromatic heterocycles. The number of aldehydes is 2. The monoisotopic (exact) mass is 194 g/mol. The first-order valence-corrected chi connectivity index (χ1v) is 4.37. The summed E-state index contributed by atoms with van der Waals surface area (Å²) in [6.07, 6.45) is 2.16. The molecule has 0 saturated carbocycles. The summed E-state index contributed by atoms with van der Waals surface area (Å²) in [6, 6.07) is 2.82. The van der Waals surface area contributed by atoms with Crippen LogP contribution in [0, 0.1) is 12.7 Å². The van der Waals surface area contributed by atoms with Crippen molar-refractivity contribution in [2.75, 3.05) is 0 Å². The summed E-state index contributed by atoms with van der Waals surface area (Å²) in [5.74, 6) is -0.337. The number of hydrogen-bond acceptors (Lipinski definition) is 2. The molecule has 1 rings (SSSR count). The topological polar surface area (TPSA) is 34.1 Å². The van der Waals surface area contributed by atoms with E-state index < -0.39 is 0 Å². The molecule has 0 spiro atoms. The Morgan fingerprint density at radius 3 is 2.64 bits per heavy atom. The molecule has 0 heterocycles. The van der Waals surface area contributed by atoms with Gasteiger partial charge < -0.3 is 4.79 Å². The SMILES string of the molecule is Cc1cc(C=O)c(CCC=O)cc1F. The van der Waals surface area contributed by atoms with E-state index in [2.05, 4.69) is 0 Å². The lowest BCUT2D eigenvalue weighted by Crippen LogP contribution is -1.97. The van der Waals surface area contributed by atoms with Crippen molar-refractivity contribution in [3.63, 3.8) is 0 Å². The van der Waals surface area contributed by atoms with E-state index in [1.165, 1.54) is 12.1 Å². The van der Waals surface area contributed by atoms with Crippen LogP contribution >= 0.6 is 0 Å². The maximum Gasteiger partial charge on any atom is 0.150 e. The van der Waals surface area contributed by atoms with Crippen LogP contribution in [0.2, 0.25) is 0 Å². The fourth-order valence-electron chi connectivity index (χ4n) is 1.29. The van der Waals surface area contributed by atoms with Crippen molar-refractivity contribution < 1.29 is 14.0 Å². The molecular formula is C11H11FO2. The first kappa shape index (κ1) is 10.6. The minimum atomic E-state index is -0.337. The van der Waals surface area contributed by atoms with Crippen molar-refractivity contribution in [1.82, 2.24) is 0 Å². The highest BCUT2D eigenvalue weighted by Gasteiger charge is 2.06. The third kappa shape index (κ3) is 2.25. The van der Waals surface area contributed by atoms with Gasteiger partial charge in [-0.15, -0.1) is 0 Å². The number of rotatable bonds is 4. The van der Waals surface area contributed by atoms with Gasteiger partial charge in [0.1, 0.15) is 18.4 Å². The van der Waals surface area contributed by atoms with Gasteiger partial charge in [-0.1, -0.05) is 0 Å². The summed E-state index contributed by atoms with van der Waals surface area (Å²) in [5.41, 5.74) is 1.50. The number of halogens is 1. The van der Waals surface area contributed by atoms with E-state index in [4.69, 9.17) is 0 Å². The zero-order chi connectivity index (χ0) is 10.6. The summed E-state index contributed by atoms with van der Waals surface area (Å²) in [6.45, 7) is 1.60. The second-order valence-corrected chi connectivity index (χ2v) is 3.12. The van der Waals surface area contributed by atoms with Gasteiger partial charge >= 0.3 is 0 Å². The lowest BCUT2D eigenvalue weighted by Gasteiger charge is -2.04. The Hall–Kier alpha value is -1.51. The van der Waals surface area contributed by atoms with E-state index in [0.29, 0.717) is 35.8 Å². The molecule has 0 aliphatic heterocycles. The Kier molecular flexibility index (Phi) is 3.51. The third-order valence-corrected chi connectivity index (χ3v) is 2.08. The van der Waals surface area contributed by atoms with E-state index >= 15 is 0 Å². The number of aryl methyl sites for hydroxylation is 2. The van der Waals surface area contributed by atoms with Crippen molar-refractivity contribution >= 4 is 12.6 Å². The molecule has 3 heteroatoms. The predicted molar refractivity (Wildman–Crippen MR) is 50.9 cm³/mol. The number of carbonyl (C=O) groups is 2. The summed E-state index contributed by atoms with van der Waals surface area (Å²) >= 11 is 0. The van der Waals surface area contributed by atoms with Crippen LogP contribution in [-0.2, 0) is 11.2 Å². The van der Waals surface area contributed by atoms with Gasteiger partial charge in [-0.3, -0.25) is 4.79 Å². The summed E-state index contributed by atoms with van der Waals surface area (Å²) in [4.78, 5) is 20.8. The van der Waals surface area contributed by atoms with E-state index in [9.17, 15) is 14.0 Å². The molecule has 0 atom stereocenters. The maximum atomic E-state index is 13.1. The molecule has 1 aromatic carbocycles. The normalized spacial score (nSPS) is 9.86. The molecule has 0 unspecified atom stereocenters. The standard InChI is InChI=1S/C11H11FO2/c1-8-5-10(7-14)9(3-2-4-13)6-11(8)12/h4-7H,2-3H2,1H3. The highest BCUT2D eigenvalue weighted by molar-refractivity contribution is 5.77. The Morgan fingerprint density at radius 1 is 1.36 bits per heavy atom. The second kappa shape index (κ2) is 4.65. The smallest absolute Gasteiger partial charge is 0.150 e. The number of carbonyl (C=O) groups excluding carboxylic acids is 2. The highest BCUT2D eigenvalue weighted by atomic mass is 19.1. The first-order valence-electron chi connectivity index (χ1n) is 4.37. The highest BCUT2D eigenvalue weighted by Crippen LogP contribution is 2.15. The van der Waals surface area contributed by atoms with Gasteiger partial charge in [0.05, 0.1) is 0 Å². The van der Waals surface area contributed by atoms with E-state index in [0.717, 1.165) is 6.29 Å². The zero-order valence-electron chi connectivity index (χ0n) is 7.92. The minimum absolute atomic E-state index is 0.309. The van der Waals surface area contributed by atoms with Crippen LogP contribution in [0.1, 0.15) is 27.9 Å². The largest absolute Gasteiger partial charge is 0.303 e. The Morgan fingerprint density at radius 2 is 2.07 bits per heavy atom. The van der Waals surface area contributed by atoms with Crippen LogP contribution in [-0.4, -0.2) is 12.6 Å². The molecule has 0 N–H and O–H groups in total. The molecule has 74 valence electrons. The molecule has 0 aliphatic rings. The Bertz CT molecular complexity index is 359. The average Bonchev–Trinajstić information content (AvgIpc) is 2.19. The minimum Gasteiger partial charge on any atom is -0.303 e. The number of hydrogen-bond donors (Lipinski definition) is 0. The molecule has 0 saturated heterocycles. The molecule has 0 bridgehead atoms. The van der Waals surface area contributed by atoms with Crippen molar-refractivity contribution in [3.8, 4) is 0 Å². The average molecular weight is 194 g/mol. The van der Waals surface area contributed by atoms with Crippen LogP contribution in [0.15, 0.2) is 12.1 Å². The summed E-state index contributed by atoms with van der Waals surface area (Å²) in [5, 5.41) is 0. The zero-order valence-corrected chi connectivity index (χ0v) is 7.92. The van der Waals surface area contributed by atoms with Gasteiger partial charge in [0.2, 0.25) is 0 Å². The molecule has 0 amide bonds. The molecule has 1 aromatic rings. The van der Waals surface area contributed by atoms with Crippen LogP contribution in [0.3, 0.4) is 0 Å². The molecule has 0 aliphatic carbocycles. The lowest BCUT2D eigenvalue weighted by molar-refractivity contribution is -0.107. The van der Waals surface area contributed by atoms with Gasteiger partial charge in [0.25, 0.3) is 0 Å². The van der Waals surface area contributed by atoms with Crippen molar-refractivity contribution in [3.05, 3.63) is 34.6 Å². The Labute approximate surface area is 81.7 Å². The fraction of sp³-hybridized carbons (Fsp3) is 0.273. The lowest BCUT2D eigenvalue weighted by atomic mass is 10.0. The van der Waals surface area contributed by atoms with E-state index in [-0.39, 0.29) is 5.82 Å². The van der Waals surface area contributed by atoms with E-state index in [1.807, 2.05) is 0 Å². The van der Waals surface area contributed by atoms with Crippen LogP contribution in [0.5, 0.6) is 0 Å². The molecular weight excluding hydrogens is 183 g/mol. The first-order chi connectivity index (χ1) is 6.69. The van der Waals surface area contributed by atoms with Gasteiger partial charge in [-0.05, 0) is 36.6 Å². The van der Waals surface area contributed by atoms with Crippen molar-refractivity contribution in [2.24, 2.45) is 0 Å².